The van der Waals surface area contributed by atoms with Crippen LogP contribution in [0.2, 0.25) is 0 Å². The average Bonchev–Trinajstić information content (AvgIpc) is 3.20. The van der Waals surface area contributed by atoms with Crippen LogP contribution in [0.5, 0.6) is 0 Å². The zero-order valence-electron chi connectivity index (χ0n) is 11.9. The SMILES string of the molecule is COCc1nc(NN)cc(N(CC(C)C)C2CC2)n1. The summed E-state index contributed by atoms with van der Waals surface area (Å²) in [5, 5.41) is 0. The van der Waals surface area contributed by atoms with Gasteiger partial charge in [0.05, 0.1) is 0 Å². The van der Waals surface area contributed by atoms with Crippen LogP contribution in [0.4, 0.5) is 11.6 Å². The Bertz CT molecular complexity index is 419. The number of nitrogens with zero attached hydrogens (tertiary/aromatic N) is 3. The minimum atomic E-state index is 0.392. The summed E-state index contributed by atoms with van der Waals surface area (Å²) >= 11 is 0. The Balaban J connectivity index is 2.26. The highest BCUT2D eigenvalue weighted by Crippen LogP contribution is 2.32. The molecule has 1 saturated carbocycles. The van der Waals surface area contributed by atoms with Gasteiger partial charge in [-0.05, 0) is 18.8 Å². The van der Waals surface area contributed by atoms with E-state index in [4.69, 9.17) is 10.6 Å². The van der Waals surface area contributed by atoms with Crippen LogP contribution in [-0.2, 0) is 11.3 Å². The summed E-state index contributed by atoms with van der Waals surface area (Å²) in [5.41, 5.74) is 2.60. The number of anilines is 2. The van der Waals surface area contributed by atoms with Gasteiger partial charge in [-0.2, -0.15) is 0 Å². The summed E-state index contributed by atoms with van der Waals surface area (Å²) in [5.74, 6) is 8.29. The zero-order chi connectivity index (χ0) is 13.8. The number of nitrogens with one attached hydrogen (secondary N) is 1. The molecule has 1 aromatic heterocycles. The summed E-state index contributed by atoms with van der Waals surface area (Å²) in [6.45, 7) is 5.82. The largest absolute Gasteiger partial charge is 0.377 e. The van der Waals surface area contributed by atoms with Crippen molar-refractivity contribution in [2.75, 3.05) is 24.0 Å². The lowest BCUT2D eigenvalue weighted by Crippen LogP contribution is -2.31. The van der Waals surface area contributed by atoms with E-state index in [1.807, 2.05) is 6.07 Å². The van der Waals surface area contributed by atoms with Crippen LogP contribution in [0.25, 0.3) is 0 Å². The van der Waals surface area contributed by atoms with Gasteiger partial charge in [-0.15, -0.1) is 0 Å². The van der Waals surface area contributed by atoms with E-state index < -0.39 is 0 Å². The van der Waals surface area contributed by atoms with Gasteiger partial charge in [0.15, 0.2) is 5.82 Å². The third-order valence-electron chi connectivity index (χ3n) is 3.02. The van der Waals surface area contributed by atoms with Gasteiger partial charge in [0.2, 0.25) is 0 Å². The number of aromatic nitrogens is 2. The molecule has 0 spiro atoms. The monoisotopic (exact) mass is 265 g/mol. The highest BCUT2D eigenvalue weighted by Gasteiger charge is 2.30. The maximum absolute atomic E-state index is 5.48. The Morgan fingerprint density at radius 3 is 2.74 bits per heavy atom. The van der Waals surface area contributed by atoms with Crippen molar-refractivity contribution in [1.82, 2.24) is 9.97 Å². The molecular weight excluding hydrogens is 242 g/mol. The second-order valence-electron chi connectivity index (χ2n) is 5.38. The minimum absolute atomic E-state index is 0.392. The summed E-state index contributed by atoms with van der Waals surface area (Å²) < 4.78 is 5.11. The number of nitrogen functional groups attached to an aromatic ring is 1. The first-order valence-corrected chi connectivity index (χ1v) is 6.74. The number of nitrogens with two attached hydrogens (primary N) is 1. The second-order valence-corrected chi connectivity index (χ2v) is 5.38. The molecule has 6 nitrogen and oxygen atoms in total. The van der Waals surface area contributed by atoms with E-state index >= 15 is 0 Å². The molecule has 0 atom stereocenters. The number of hydrogen-bond donors (Lipinski definition) is 2. The highest BCUT2D eigenvalue weighted by atomic mass is 16.5. The summed E-state index contributed by atoms with van der Waals surface area (Å²) in [4.78, 5) is 11.2. The highest BCUT2D eigenvalue weighted by molar-refractivity contribution is 5.50. The van der Waals surface area contributed by atoms with Crippen molar-refractivity contribution >= 4 is 11.6 Å². The average molecular weight is 265 g/mol. The van der Waals surface area contributed by atoms with E-state index in [2.05, 4.69) is 34.1 Å². The number of ether oxygens (including phenoxy) is 1. The van der Waals surface area contributed by atoms with E-state index in [0.717, 1.165) is 12.4 Å². The molecule has 0 bridgehead atoms. The van der Waals surface area contributed by atoms with Gasteiger partial charge in [0, 0.05) is 25.8 Å². The Kier molecular flexibility index (Phi) is 4.55. The molecule has 106 valence electrons. The van der Waals surface area contributed by atoms with Crippen molar-refractivity contribution in [3.05, 3.63) is 11.9 Å². The van der Waals surface area contributed by atoms with Crippen molar-refractivity contribution in [1.29, 1.82) is 0 Å². The first-order chi connectivity index (χ1) is 9.13. The number of rotatable bonds is 7. The van der Waals surface area contributed by atoms with Crippen molar-refractivity contribution in [3.8, 4) is 0 Å². The molecule has 1 aliphatic rings. The first kappa shape index (κ1) is 14.0. The maximum Gasteiger partial charge on any atom is 0.158 e. The Morgan fingerprint density at radius 1 is 1.47 bits per heavy atom. The predicted molar refractivity (Wildman–Crippen MR) is 75.8 cm³/mol. The van der Waals surface area contributed by atoms with Gasteiger partial charge in [0.1, 0.15) is 18.2 Å². The molecule has 1 aliphatic carbocycles. The van der Waals surface area contributed by atoms with Crippen molar-refractivity contribution < 1.29 is 4.74 Å². The van der Waals surface area contributed by atoms with Crippen LogP contribution in [0.3, 0.4) is 0 Å². The van der Waals surface area contributed by atoms with Crippen LogP contribution < -0.4 is 16.2 Å². The first-order valence-electron chi connectivity index (χ1n) is 6.74. The Morgan fingerprint density at radius 2 is 2.21 bits per heavy atom. The quantitative estimate of drug-likeness (QED) is 0.575. The van der Waals surface area contributed by atoms with Gasteiger partial charge in [-0.1, -0.05) is 13.8 Å². The third-order valence-corrected chi connectivity index (χ3v) is 3.02. The van der Waals surface area contributed by atoms with Gasteiger partial charge in [-0.3, -0.25) is 0 Å². The molecule has 0 aromatic carbocycles. The summed E-state index contributed by atoms with van der Waals surface area (Å²) in [7, 11) is 1.64. The van der Waals surface area contributed by atoms with Gasteiger partial charge >= 0.3 is 0 Å². The lowest BCUT2D eigenvalue weighted by molar-refractivity contribution is 0.178. The topological polar surface area (TPSA) is 76.3 Å². The molecule has 3 N–H and O–H groups in total. The molecule has 1 aromatic rings. The molecule has 0 radical (unpaired) electrons. The second kappa shape index (κ2) is 6.16. The molecule has 1 fully saturated rings. The fourth-order valence-electron chi connectivity index (χ4n) is 2.11. The van der Waals surface area contributed by atoms with Gasteiger partial charge < -0.3 is 15.1 Å². The van der Waals surface area contributed by atoms with Crippen molar-refractivity contribution in [3.63, 3.8) is 0 Å². The minimum Gasteiger partial charge on any atom is -0.377 e. The third kappa shape index (κ3) is 3.78. The molecule has 19 heavy (non-hydrogen) atoms. The molecule has 0 saturated heterocycles. The molecule has 0 aliphatic heterocycles. The summed E-state index contributed by atoms with van der Waals surface area (Å²) in [6.07, 6.45) is 2.48. The fourth-order valence-corrected chi connectivity index (χ4v) is 2.11. The van der Waals surface area contributed by atoms with Crippen LogP contribution in [0.15, 0.2) is 6.07 Å². The van der Waals surface area contributed by atoms with Crippen molar-refractivity contribution in [2.45, 2.75) is 39.3 Å². The molecule has 0 amide bonds. The predicted octanol–water partition coefficient (Wildman–Crippen LogP) is 1.53. The molecular formula is C13H23N5O. The lowest BCUT2D eigenvalue weighted by atomic mass is 10.2. The van der Waals surface area contributed by atoms with E-state index in [0.29, 0.717) is 30.2 Å². The number of hydrazine groups is 1. The zero-order valence-corrected chi connectivity index (χ0v) is 11.9. The Hall–Kier alpha value is -1.40. The summed E-state index contributed by atoms with van der Waals surface area (Å²) in [6, 6.07) is 2.51. The molecule has 0 unspecified atom stereocenters. The lowest BCUT2D eigenvalue weighted by Gasteiger charge is -2.26. The van der Waals surface area contributed by atoms with Gasteiger partial charge in [-0.25, -0.2) is 15.8 Å². The number of hydrogen-bond acceptors (Lipinski definition) is 6. The smallest absolute Gasteiger partial charge is 0.158 e. The van der Waals surface area contributed by atoms with E-state index in [1.54, 1.807) is 7.11 Å². The van der Waals surface area contributed by atoms with Crippen LogP contribution >= 0.6 is 0 Å². The van der Waals surface area contributed by atoms with E-state index in [1.165, 1.54) is 12.8 Å². The van der Waals surface area contributed by atoms with Crippen LogP contribution in [-0.4, -0.2) is 29.7 Å². The molecule has 1 heterocycles. The van der Waals surface area contributed by atoms with E-state index in [9.17, 15) is 0 Å². The van der Waals surface area contributed by atoms with Crippen LogP contribution in [0.1, 0.15) is 32.5 Å². The van der Waals surface area contributed by atoms with Gasteiger partial charge in [0.25, 0.3) is 0 Å². The maximum atomic E-state index is 5.48. The fraction of sp³-hybridized carbons (Fsp3) is 0.692. The standard InChI is InChI=1S/C13H23N5O/c1-9(2)7-18(10-4-5-10)13-6-11(17-14)15-12(16-13)8-19-3/h6,9-10H,4-5,7-8,14H2,1-3H3,(H,15,16,17). The Labute approximate surface area is 114 Å². The van der Waals surface area contributed by atoms with E-state index in [-0.39, 0.29) is 0 Å². The molecule has 6 heteroatoms. The normalized spacial score (nSPS) is 14.8. The molecule has 2 rings (SSSR count). The number of methoxy groups -OCH3 is 1. The van der Waals surface area contributed by atoms with Crippen molar-refractivity contribution in [2.24, 2.45) is 11.8 Å². The van der Waals surface area contributed by atoms with Crippen LogP contribution in [0, 0.1) is 5.92 Å².